The van der Waals surface area contributed by atoms with Crippen LogP contribution in [0.2, 0.25) is 0 Å². The van der Waals surface area contributed by atoms with Gasteiger partial charge in [0.15, 0.2) is 0 Å². The highest BCUT2D eigenvalue weighted by atomic mass is 16.6. The molecular weight excluding hydrogens is 312 g/mol. The lowest BCUT2D eigenvalue weighted by atomic mass is 9.90. The summed E-state index contributed by atoms with van der Waals surface area (Å²) in [4.78, 5) is 26.7. The Labute approximate surface area is 141 Å². The second-order valence-corrected chi connectivity index (χ2v) is 6.92. The van der Waals surface area contributed by atoms with Crippen molar-refractivity contribution in [1.82, 2.24) is 10.3 Å². The van der Waals surface area contributed by atoms with Crippen molar-refractivity contribution in [1.29, 1.82) is 0 Å². The highest BCUT2D eigenvalue weighted by Crippen LogP contribution is 2.26. The molecule has 0 bridgehead atoms. The zero-order chi connectivity index (χ0) is 17.7. The van der Waals surface area contributed by atoms with Crippen LogP contribution in [0.5, 0.6) is 0 Å². The molecule has 1 aliphatic rings. The normalized spacial score (nSPS) is 21.0. The summed E-state index contributed by atoms with van der Waals surface area (Å²) in [6.07, 6.45) is 4.60. The van der Waals surface area contributed by atoms with Crippen molar-refractivity contribution in [2.45, 2.75) is 64.1 Å². The summed E-state index contributed by atoms with van der Waals surface area (Å²) in [6.45, 7) is 5.42. The summed E-state index contributed by atoms with van der Waals surface area (Å²) in [5.74, 6) is 0.227. The van der Waals surface area contributed by atoms with E-state index >= 15 is 0 Å². The number of hydrogen-bond donors (Lipinski definition) is 2. The standard InChI is InChI=1S/C16H24N4O4/c1-16(2,3)24-15(21)19-12-8-5-4-7-11(12)18-14-13(20(22)23)9-6-10-17-14/h6,9-12H,4-5,7-8H2,1-3H3,(H,17,18)(H,19,21)/t11-,12-/m1/s1. The van der Waals surface area contributed by atoms with Gasteiger partial charge < -0.3 is 15.4 Å². The lowest BCUT2D eigenvalue weighted by Crippen LogP contribution is -2.49. The van der Waals surface area contributed by atoms with Gasteiger partial charge in [0, 0.05) is 18.3 Å². The second kappa shape index (κ2) is 7.46. The number of carbonyl (C=O) groups excluding carboxylic acids is 1. The van der Waals surface area contributed by atoms with Gasteiger partial charge in [-0.25, -0.2) is 9.78 Å². The van der Waals surface area contributed by atoms with Gasteiger partial charge in [0.1, 0.15) is 5.60 Å². The molecule has 0 aromatic carbocycles. The number of hydrogen-bond acceptors (Lipinski definition) is 6. The molecule has 1 amide bonds. The third-order valence-corrected chi connectivity index (χ3v) is 3.77. The molecule has 1 aliphatic carbocycles. The van der Waals surface area contributed by atoms with Crippen LogP contribution < -0.4 is 10.6 Å². The fraction of sp³-hybridized carbons (Fsp3) is 0.625. The van der Waals surface area contributed by atoms with Crippen molar-refractivity contribution in [3.8, 4) is 0 Å². The molecule has 2 atom stereocenters. The Balaban J connectivity index is 2.07. The van der Waals surface area contributed by atoms with Crippen LogP contribution in [-0.2, 0) is 4.74 Å². The van der Waals surface area contributed by atoms with Gasteiger partial charge in [0.25, 0.3) is 0 Å². The van der Waals surface area contributed by atoms with Gasteiger partial charge in [0.05, 0.1) is 11.0 Å². The summed E-state index contributed by atoms with van der Waals surface area (Å²) in [7, 11) is 0. The Hall–Kier alpha value is -2.38. The zero-order valence-corrected chi connectivity index (χ0v) is 14.2. The maximum absolute atomic E-state index is 12.0. The fourth-order valence-corrected chi connectivity index (χ4v) is 2.77. The number of nitrogens with one attached hydrogen (secondary N) is 2. The molecule has 132 valence electrons. The number of nitrogens with zero attached hydrogens (tertiary/aromatic N) is 2. The molecule has 8 nitrogen and oxygen atoms in total. The van der Waals surface area contributed by atoms with Gasteiger partial charge in [0.2, 0.25) is 5.82 Å². The van der Waals surface area contributed by atoms with E-state index in [0.29, 0.717) is 0 Å². The first-order chi connectivity index (χ1) is 11.3. The largest absolute Gasteiger partial charge is 0.444 e. The highest BCUT2D eigenvalue weighted by molar-refractivity contribution is 5.68. The first-order valence-electron chi connectivity index (χ1n) is 8.12. The minimum Gasteiger partial charge on any atom is -0.444 e. The Morgan fingerprint density at radius 2 is 2.00 bits per heavy atom. The SMILES string of the molecule is CC(C)(C)OC(=O)N[C@@H]1CCCC[C@H]1Nc1ncccc1[N+](=O)[O-]. The summed E-state index contributed by atoms with van der Waals surface area (Å²) >= 11 is 0. The van der Waals surface area contributed by atoms with Crippen molar-refractivity contribution in [2.75, 3.05) is 5.32 Å². The number of pyridine rings is 1. The van der Waals surface area contributed by atoms with Crippen LogP contribution in [0.3, 0.4) is 0 Å². The smallest absolute Gasteiger partial charge is 0.407 e. The van der Waals surface area contributed by atoms with E-state index < -0.39 is 16.6 Å². The molecule has 1 aromatic heterocycles. The maximum atomic E-state index is 12.0. The minimum atomic E-state index is -0.568. The molecule has 0 saturated heterocycles. The van der Waals surface area contributed by atoms with Crippen LogP contribution in [0.4, 0.5) is 16.3 Å². The van der Waals surface area contributed by atoms with E-state index in [9.17, 15) is 14.9 Å². The molecule has 24 heavy (non-hydrogen) atoms. The highest BCUT2D eigenvalue weighted by Gasteiger charge is 2.30. The number of carbonyl (C=O) groups is 1. The monoisotopic (exact) mass is 336 g/mol. The van der Waals surface area contributed by atoms with E-state index in [1.54, 1.807) is 20.8 Å². The predicted molar refractivity (Wildman–Crippen MR) is 89.9 cm³/mol. The predicted octanol–water partition coefficient (Wildman–Crippen LogP) is 3.24. The average Bonchev–Trinajstić information content (AvgIpc) is 2.47. The molecule has 8 heteroatoms. The molecule has 2 N–H and O–H groups in total. The van der Waals surface area contributed by atoms with Crippen molar-refractivity contribution in [3.05, 3.63) is 28.4 Å². The number of aromatic nitrogens is 1. The van der Waals surface area contributed by atoms with E-state index in [4.69, 9.17) is 4.74 Å². The van der Waals surface area contributed by atoms with Crippen molar-refractivity contribution in [3.63, 3.8) is 0 Å². The molecule has 2 rings (SSSR count). The molecule has 0 aliphatic heterocycles. The molecular formula is C16H24N4O4. The number of alkyl carbamates (subject to hydrolysis) is 1. The summed E-state index contributed by atoms with van der Waals surface area (Å²) in [5.41, 5.74) is -0.638. The maximum Gasteiger partial charge on any atom is 0.407 e. The zero-order valence-electron chi connectivity index (χ0n) is 14.2. The Morgan fingerprint density at radius 1 is 1.33 bits per heavy atom. The van der Waals surface area contributed by atoms with E-state index in [0.717, 1.165) is 25.7 Å². The van der Waals surface area contributed by atoms with E-state index in [2.05, 4.69) is 15.6 Å². The topological polar surface area (TPSA) is 106 Å². The van der Waals surface area contributed by atoms with Crippen LogP contribution in [0, 0.1) is 10.1 Å². The number of ether oxygens (including phenoxy) is 1. The van der Waals surface area contributed by atoms with E-state index in [-0.39, 0.29) is 23.6 Å². The van der Waals surface area contributed by atoms with Crippen LogP contribution in [0.25, 0.3) is 0 Å². The number of amides is 1. The third kappa shape index (κ3) is 5.07. The second-order valence-electron chi connectivity index (χ2n) is 6.92. The number of rotatable bonds is 4. The van der Waals surface area contributed by atoms with Gasteiger partial charge in [-0.15, -0.1) is 0 Å². The molecule has 1 fully saturated rings. The Bertz CT molecular complexity index is 600. The molecule has 1 aromatic rings. The van der Waals surface area contributed by atoms with Gasteiger partial charge in [-0.05, 0) is 39.7 Å². The van der Waals surface area contributed by atoms with Crippen LogP contribution in [0.15, 0.2) is 18.3 Å². The first kappa shape index (κ1) is 18.0. The Morgan fingerprint density at radius 3 is 2.62 bits per heavy atom. The van der Waals surface area contributed by atoms with Crippen LogP contribution in [0.1, 0.15) is 46.5 Å². The van der Waals surface area contributed by atoms with Crippen LogP contribution in [-0.4, -0.2) is 33.7 Å². The van der Waals surface area contributed by atoms with Gasteiger partial charge in [-0.1, -0.05) is 12.8 Å². The lowest BCUT2D eigenvalue weighted by molar-refractivity contribution is -0.384. The summed E-state index contributed by atoms with van der Waals surface area (Å²) < 4.78 is 5.30. The fourth-order valence-electron chi connectivity index (χ4n) is 2.77. The number of anilines is 1. The van der Waals surface area contributed by atoms with Crippen molar-refractivity contribution >= 4 is 17.6 Å². The van der Waals surface area contributed by atoms with Crippen LogP contribution >= 0.6 is 0 Å². The van der Waals surface area contributed by atoms with E-state index in [1.165, 1.54) is 18.3 Å². The molecule has 1 heterocycles. The molecule has 0 radical (unpaired) electrons. The van der Waals surface area contributed by atoms with Gasteiger partial charge in [-0.2, -0.15) is 0 Å². The quantitative estimate of drug-likeness (QED) is 0.646. The third-order valence-electron chi connectivity index (χ3n) is 3.77. The summed E-state index contributed by atoms with van der Waals surface area (Å²) in [5, 5.41) is 17.1. The molecule has 0 unspecified atom stereocenters. The Kier molecular flexibility index (Phi) is 5.58. The molecule has 0 spiro atoms. The average molecular weight is 336 g/mol. The first-order valence-corrected chi connectivity index (χ1v) is 8.12. The minimum absolute atomic E-state index is 0.0703. The van der Waals surface area contributed by atoms with Crippen molar-refractivity contribution < 1.29 is 14.5 Å². The number of nitro groups is 1. The van der Waals surface area contributed by atoms with Gasteiger partial charge in [-0.3, -0.25) is 10.1 Å². The molecule has 1 saturated carbocycles. The van der Waals surface area contributed by atoms with E-state index in [1.807, 2.05) is 0 Å². The van der Waals surface area contributed by atoms with Crippen molar-refractivity contribution in [2.24, 2.45) is 0 Å². The summed E-state index contributed by atoms with van der Waals surface area (Å²) in [6, 6.07) is 2.66. The lowest BCUT2D eigenvalue weighted by Gasteiger charge is -2.33. The van der Waals surface area contributed by atoms with Gasteiger partial charge >= 0.3 is 11.8 Å².